The van der Waals surface area contributed by atoms with Crippen LogP contribution in [0.5, 0.6) is 0 Å². The summed E-state index contributed by atoms with van der Waals surface area (Å²) in [6, 6.07) is 0. The van der Waals surface area contributed by atoms with Crippen LogP contribution in [-0.4, -0.2) is 88.7 Å². The number of thiocyanates is 1. The predicted octanol–water partition coefficient (Wildman–Crippen LogP) is -1.55. The van der Waals surface area contributed by atoms with E-state index in [4.69, 9.17) is 5.26 Å². The molecule has 0 saturated heterocycles. The molecule has 22 valence electrons. The van der Waals surface area contributed by atoms with E-state index in [9.17, 15) is 0 Å². The number of nitrogens with zero attached hydrogens (tertiary/aromatic N) is 1. The molecule has 0 unspecified atom stereocenters. The van der Waals surface area contributed by atoms with Gasteiger partial charge in [-0.15, -0.1) is 0 Å². The third-order valence-corrected chi connectivity index (χ3v) is 0. The van der Waals surface area contributed by atoms with Crippen molar-refractivity contribution in [2.75, 3.05) is 0 Å². The molecule has 0 aliphatic heterocycles. The van der Waals surface area contributed by atoms with Crippen LogP contribution in [0, 0.1) is 10.7 Å². The van der Waals surface area contributed by atoms with Gasteiger partial charge in [0.15, 0.2) is 0 Å². The summed E-state index contributed by atoms with van der Waals surface area (Å²) in [5.74, 6) is 0. The Bertz CT molecular complexity index is 32.3. The summed E-state index contributed by atoms with van der Waals surface area (Å²) in [6.07, 6.45) is 0. The molecule has 0 radical (unpaired) electrons. The first-order chi connectivity index (χ1) is 1.41. The average Bonchev–Trinajstić information content (AvgIpc) is 0.918. The van der Waals surface area contributed by atoms with Gasteiger partial charge in [-0.2, -0.15) is 5.26 Å². The monoisotopic (exact) mass is 131 g/mol. The molecule has 5 heteroatoms. The normalized spacial score (nSPS) is 1.33. The molecule has 0 bridgehead atoms. The zero-order valence-electron chi connectivity index (χ0n) is 1.39. The second kappa shape index (κ2) is 24.9. The Labute approximate surface area is 110 Å². The van der Waals surface area contributed by atoms with Gasteiger partial charge in [0.2, 0.25) is 0 Å². The van der Waals surface area contributed by atoms with Gasteiger partial charge < -0.3 is 0 Å². The Hall–Kier alpha value is 2.84. The number of hydrogen-bond acceptors (Lipinski definition) is 2. The van der Waals surface area contributed by atoms with Gasteiger partial charge in [-0.25, -0.2) is 0 Å². The number of nitriles is 1. The molecular formula is CH4NNa3S. The van der Waals surface area contributed by atoms with Crippen LogP contribution in [0.2, 0.25) is 0 Å². The Balaban J connectivity index is -0.00000000667. The van der Waals surface area contributed by atoms with Crippen LogP contribution >= 0.6 is 12.6 Å². The van der Waals surface area contributed by atoms with E-state index in [1.165, 1.54) is 5.40 Å². The second-order valence-corrected chi connectivity index (χ2v) is 0.300. The first-order valence-electron chi connectivity index (χ1n) is 0.447. The van der Waals surface area contributed by atoms with Crippen molar-refractivity contribution in [2.45, 2.75) is 0 Å². The molecule has 0 rings (SSSR count). The van der Waals surface area contributed by atoms with Crippen LogP contribution in [-0.2, 0) is 0 Å². The zero-order valence-corrected chi connectivity index (χ0v) is 2.29. The SMILES string of the molecule is N#CS.[NaH].[NaH].[NaH]. The topological polar surface area (TPSA) is 23.8 Å². The summed E-state index contributed by atoms with van der Waals surface area (Å²) in [7, 11) is 0. The van der Waals surface area contributed by atoms with Gasteiger partial charge in [-0.1, -0.05) is 12.6 Å². The van der Waals surface area contributed by atoms with Crippen molar-refractivity contribution in [1.82, 2.24) is 0 Å². The van der Waals surface area contributed by atoms with E-state index in [-0.39, 0.29) is 88.7 Å². The third-order valence-electron chi connectivity index (χ3n) is 0. The number of rotatable bonds is 0. The molecule has 0 N–H and O–H groups in total. The first kappa shape index (κ1) is 23.2. The maximum absolute atomic E-state index is 7.18. The van der Waals surface area contributed by atoms with Gasteiger partial charge in [0, 0.05) is 0 Å². The fourth-order valence-corrected chi connectivity index (χ4v) is 0. The van der Waals surface area contributed by atoms with Crippen molar-refractivity contribution >= 4 is 101 Å². The van der Waals surface area contributed by atoms with E-state index in [1.54, 1.807) is 0 Å². The molecule has 0 amide bonds. The molecule has 0 spiro atoms. The van der Waals surface area contributed by atoms with E-state index in [2.05, 4.69) is 12.6 Å². The fraction of sp³-hybridized carbons (Fsp3) is 0. The van der Waals surface area contributed by atoms with Gasteiger partial charge in [0.1, 0.15) is 5.40 Å². The van der Waals surface area contributed by atoms with Gasteiger partial charge in [0.05, 0.1) is 0 Å². The van der Waals surface area contributed by atoms with Crippen LogP contribution in [0.25, 0.3) is 0 Å². The minimum absolute atomic E-state index is 0. The summed E-state index contributed by atoms with van der Waals surface area (Å²) in [4.78, 5) is 0. The van der Waals surface area contributed by atoms with E-state index in [1.807, 2.05) is 0 Å². The molecule has 6 heavy (non-hydrogen) atoms. The quantitative estimate of drug-likeness (QED) is 0.240. The fourth-order valence-electron chi connectivity index (χ4n) is 0. The molecule has 0 atom stereocenters. The summed E-state index contributed by atoms with van der Waals surface area (Å²) in [5, 5.41) is 8.63. The van der Waals surface area contributed by atoms with Gasteiger partial charge in [-0.3, -0.25) is 0 Å². The molecule has 0 aromatic heterocycles. The van der Waals surface area contributed by atoms with Crippen LogP contribution in [0.3, 0.4) is 0 Å². The minimum atomic E-state index is 0. The molecular weight excluding hydrogens is 127 g/mol. The maximum atomic E-state index is 7.18. The summed E-state index contributed by atoms with van der Waals surface area (Å²) in [6.45, 7) is 0. The number of hydrogen-bond donors (Lipinski definition) is 1. The van der Waals surface area contributed by atoms with Crippen molar-refractivity contribution in [3.8, 4) is 5.40 Å². The molecule has 0 aliphatic rings. The standard InChI is InChI=1S/CHNS.3Na.3H/c2-1-3;;;;;;/h3H;;;;;;. The van der Waals surface area contributed by atoms with Gasteiger partial charge >= 0.3 is 88.7 Å². The second-order valence-electron chi connectivity index (χ2n) is 0.100. The first-order valence-corrected chi connectivity index (χ1v) is 0.894. The summed E-state index contributed by atoms with van der Waals surface area (Å²) >= 11 is 3.09. The molecule has 1 nitrogen and oxygen atoms in total. The molecule has 0 aromatic rings. The number of thiol groups is 1. The van der Waals surface area contributed by atoms with E-state index in [0.29, 0.717) is 0 Å². The molecule has 0 aliphatic carbocycles. The third kappa shape index (κ3) is 28.9. The zero-order chi connectivity index (χ0) is 2.71. The van der Waals surface area contributed by atoms with Crippen molar-refractivity contribution in [3.63, 3.8) is 0 Å². The Kier molecular flexibility index (Phi) is 96.2. The molecule has 0 aromatic carbocycles. The van der Waals surface area contributed by atoms with E-state index >= 15 is 0 Å². The summed E-state index contributed by atoms with van der Waals surface area (Å²) in [5.41, 5.74) is 0. The van der Waals surface area contributed by atoms with Crippen LogP contribution in [0.15, 0.2) is 0 Å². The van der Waals surface area contributed by atoms with Crippen molar-refractivity contribution in [1.29, 1.82) is 5.26 Å². The van der Waals surface area contributed by atoms with E-state index in [0.717, 1.165) is 0 Å². The van der Waals surface area contributed by atoms with Crippen LogP contribution in [0.4, 0.5) is 0 Å². The van der Waals surface area contributed by atoms with Crippen molar-refractivity contribution < 1.29 is 0 Å². The molecule has 0 saturated carbocycles. The van der Waals surface area contributed by atoms with Crippen molar-refractivity contribution in [2.24, 2.45) is 0 Å². The van der Waals surface area contributed by atoms with Gasteiger partial charge in [-0.05, 0) is 0 Å². The van der Waals surface area contributed by atoms with Crippen LogP contribution < -0.4 is 0 Å². The molecule has 0 fully saturated rings. The molecule has 0 heterocycles. The van der Waals surface area contributed by atoms with E-state index < -0.39 is 0 Å². The average molecular weight is 131 g/mol. The Morgan fingerprint density at radius 1 is 1.17 bits per heavy atom. The Morgan fingerprint density at radius 2 is 1.17 bits per heavy atom. The van der Waals surface area contributed by atoms with Crippen LogP contribution in [0.1, 0.15) is 0 Å². The summed E-state index contributed by atoms with van der Waals surface area (Å²) < 4.78 is 0. The Morgan fingerprint density at radius 3 is 1.17 bits per heavy atom. The predicted molar refractivity (Wildman–Crippen MR) is 36.0 cm³/mol. The van der Waals surface area contributed by atoms with Gasteiger partial charge in [0.25, 0.3) is 0 Å². The van der Waals surface area contributed by atoms with Crippen molar-refractivity contribution in [3.05, 3.63) is 0 Å².